The van der Waals surface area contributed by atoms with Crippen molar-refractivity contribution in [1.29, 1.82) is 0 Å². The summed E-state index contributed by atoms with van der Waals surface area (Å²) in [5, 5.41) is 18.4. The van der Waals surface area contributed by atoms with Crippen molar-refractivity contribution >= 4 is 11.9 Å². The Morgan fingerprint density at radius 1 is 0.875 bits per heavy atom. The van der Waals surface area contributed by atoms with Crippen LogP contribution in [0.1, 0.15) is 104 Å². The lowest BCUT2D eigenvalue weighted by molar-refractivity contribution is -0.149. The van der Waals surface area contributed by atoms with E-state index in [0.29, 0.717) is 25.2 Å². The molecule has 0 aliphatic heterocycles. The molecule has 0 aliphatic rings. The van der Waals surface area contributed by atoms with Gasteiger partial charge in [0.05, 0.1) is 5.41 Å². The second kappa shape index (κ2) is 13.3. The average molecular weight is 343 g/mol. The van der Waals surface area contributed by atoms with Gasteiger partial charge in [-0.05, 0) is 32.1 Å². The van der Waals surface area contributed by atoms with Gasteiger partial charge < -0.3 is 10.2 Å². The highest BCUT2D eigenvalue weighted by atomic mass is 16.4. The van der Waals surface area contributed by atoms with Crippen molar-refractivity contribution in [1.82, 2.24) is 0 Å². The molecular formula is C20H38O4. The van der Waals surface area contributed by atoms with E-state index in [1.165, 1.54) is 25.7 Å². The van der Waals surface area contributed by atoms with Gasteiger partial charge in [0.2, 0.25) is 0 Å². The largest absolute Gasteiger partial charge is 0.481 e. The fourth-order valence-corrected chi connectivity index (χ4v) is 3.43. The van der Waals surface area contributed by atoms with Crippen LogP contribution in [-0.2, 0) is 9.59 Å². The molecule has 0 spiro atoms. The van der Waals surface area contributed by atoms with Gasteiger partial charge in [-0.15, -0.1) is 0 Å². The lowest BCUT2D eigenvalue weighted by Crippen LogP contribution is -2.30. The third kappa shape index (κ3) is 10.7. The maximum absolute atomic E-state index is 11.8. The molecule has 142 valence electrons. The molecule has 0 rings (SSSR count). The first-order chi connectivity index (χ1) is 11.4. The van der Waals surface area contributed by atoms with E-state index < -0.39 is 17.4 Å². The van der Waals surface area contributed by atoms with Gasteiger partial charge in [0, 0.05) is 6.42 Å². The topological polar surface area (TPSA) is 74.6 Å². The first-order valence-corrected chi connectivity index (χ1v) is 9.81. The number of carbonyl (C=O) groups is 2. The second-order valence-electron chi connectivity index (χ2n) is 7.53. The molecule has 24 heavy (non-hydrogen) atoms. The zero-order valence-electron chi connectivity index (χ0n) is 16.0. The van der Waals surface area contributed by atoms with Gasteiger partial charge in [0.1, 0.15) is 0 Å². The maximum atomic E-state index is 11.8. The van der Waals surface area contributed by atoms with Gasteiger partial charge >= 0.3 is 11.9 Å². The van der Waals surface area contributed by atoms with Gasteiger partial charge in [0.25, 0.3) is 0 Å². The Kier molecular flexibility index (Phi) is 12.7. The molecule has 2 N–H and O–H groups in total. The Morgan fingerprint density at radius 2 is 1.50 bits per heavy atom. The number of carboxylic acids is 2. The van der Waals surface area contributed by atoms with Crippen molar-refractivity contribution in [2.45, 2.75) is 104 Å². The highest BCUT2D eigenvalue weighted by Crippen LogP contribution is 2.36. The van der Waals surface area contributed by atoms with E-state index in [0.717, 1.165) is 32.1 Å². The lowest BCUT2D eigenvalue weighted by Gasteiger charge is -2.30. The smallest absolute Gasteiger partial charge is 0.309 e. The lowest BCUT2D eigenvalue weighted by atomic mass is 9.74. The fourth-order valence-electron chi connectivity index (χ4n) is 3.43. The summed E-state index contributed by atoms with van der Waals surface area (Å²) in [4.78, 5) is 22.4. The number of hydrogen-bond acceptors (Lipinski definition) is 2. The third-order valence-corrected chi connectivity index (χ3v) is 5.06. The van der Waals surface area contributed by atoms with Crippen LogP contribution in [0.25, 0.3) is 0 Å². The van der Waals surface area contributed by atoms with E-state index >= 15 is 0 Å². The van der Waals surface area contributed by atoms with E-state index in [2.05, 4.69) is 13.8 Å². The monoisotopic (exact) mass is 342 g/mol. The Morgan fingerprint density at radius 3 is 2.04 bits per heavy atom. The van der Waals surface area contributed by atoms with E-state index in [9.17, 15) is 14.7 Å². The first-order valence-electron chi connectivity index (χ1n) is 9.81. The molecule has 2 atom stereocenters. The van der Waals surface area contributed by atoms with Crippen LogP contribution in [0, 0.1) is 11.3 Å². The number of carboxylic acid groups (broad SMARTS) is 2. The SMILES string of the molecule is CCCCCCC(CCCC)CC(C)(CCCCC(=O)O)C(=O)O. The van der Waals surface area contributed by atoms with Gasteiger partial charge in [-0.3, -0.25) is 9.59 Å². The second-order valence-corrected chi connectivity index (χ2v) is 7.53. The van der Waals surface area contributed by atoms with Gasteiger partial charge in [-0.2, -0.15) is 0 Å². The predicted octanol–water partition coefficient (Wildman–Crippen LogP) is 5.89. The van der Waals surface area contributed by atoms with Crippen molar-refractivity contribution in [3.8, 4) is 0 Å². The number of rotatable bonds is 16. The van der Waals surface area contributed by atoms with Crippen LogP contribution >= 0.6 is 0 Å². The standard InChI is InChI=1S/C20H38O4/c1-4-6-8-9-13-17(12-7-5-2)16-20(3,19(23)24)15-11-10-14-18(21)22/h17H,4-16H2,1-3H3,(H,21,22)(H,23,24). The summed E-state index contributed by atoms with van der Waals surface area (Å²) in [5.41, 5.74) is -0.721. The molecule has 0 saturated heterocycles. The highest BCUT2D eigenvalue weighted by molar-refractivity contribution is 5.74. The number of hydrogen-bond donors (Lipinski definition) is 2. The van der Waals surface area contributed by atoms with E-state index in [4.69, 9.17) is 5.11 Å². The third-order valence-electron chi connectivity index (χ3n) is 5.06. The average Bonchev–Trinajstić information content (AvgIpc) is 2.52. The summed E-state index contributed by atoms with van der Waals surface area (Å²) >= 11 is 0. The summed E-state index contributed by atoms with van der Waals surface area (Å²) in [6.07, 6.45) is 12.1. The van der Waals surface area contributed by atoms with Gasteiger partial charge in [-0.1, -0.05) is 71.6 Å². The molecule has 0 radical (unpaired) electrons. The summed E-state index contributed by atoms with van der Waals surface area (Å²) in [6.45, 7) is 6.23. The Hall–Kier alpha value is -1.06. The van der Waals surface area contributed by atoms with E-state index in [1.54, 1.807) is 0 Å². The van der Waals surface area contributed by atoms with E-state index in [1.807, 2.05) is 6.92 Å². The molecule has 0 aliphatic carbocycles. The molecule has 4 heteroatoms. The summed E-state index contributed by atoms with van der Waals surface area (Å²) in [6, 6.07) is 0. The number of unbranched alkanes of at least 4 members (excludes halogenated alkanes) is 5. The normalized spacial score (nSPS) is 15.0. The molecule has 0 aromatic rings. The van der Waals surface area contributed by atoms with Crippen LogP contribution in [0.4, 0.5) is 0 Å². The molecule has 0 aromatic carbocycles. The highest BCUT2D eigenvalue weighted by Gasteiger charge is 2.34. The van der Waals surface area contributed by atoms with Crippen molar-refractivity contribution in [3.63, 3.8) is 0 Å². The van der Waals surface area contributed by atoms with Crippen molar-refractivity contribution in [3.05, 3.63) is 0 Å². The van der Waals surface area contributed by atoms with Crippen LogP contribution in [-0.4, -0.2) is 22.2 Å². The fraction of sp³-hybridized carbons (Fsp3) is 0.900. The number of aliphatic carboxylic acids is 2. The minimum Gasteiger partial charge on any atom is -0.481 e. The van der Waals surface area contributed by atoms with Gasteiger partial charge in [0.15, 0.2) is 0 Å². The Balaban J connectivity index is 4.58. The molecule has 0 saturated carbocycles. The first kappa shape index (κ1) is 22.9. The zero-order valence-corrected chi connectivity index (χ0v) is 16.0. The zero-order chi connectivity index (χ0) is 18.4. The van der Waals surface area contributed by atoms with Crippen LogP contribution in [0.15, 0.2) is 0 Å². The molecular weight excluding hydrogens is 304 g/mol. The predicted molar refractivity (Wildman–Crippen MR) is 98.2 cm³/mol. The van der Waals surface area contributed by atoms with Crippen molar-refractivity contribution in [2.24, 2.45) is 11.3 Å². The van der Waals surface area contributed by atoms with Crippen LogP contribution in [0.5, 0.6) is 0 Å². The minimum absolute atomic E-state index is 0.131. The van der Waals surface area contributed by atoms with Crippen LogP contribution in [0.3, 0.4) is 0 Å². The molecule has 0 heterocycles. The van der Waals surface area contributed by atoms with Gasteiger partial charge in [-0.25, -0.2) is 0 Å². The molecule has 0 bridgehead atoms. The van der Waals surface area contributed by atoms with Crippen molar-refractivity contribution in [2.75, 3.05) is 0 Å². The molecule has 2 unspecified atom stereocenters. The van der Waals surface area contributed by atoms with Crippen molar-refractivity contribution < 1.29 is 19.8 Å². The summed E-state index contributed by atoms with van der Waals surface area (Å²) in [5.74, 6) is -1.06. The molecule has 0 aromatic heterocycles. The molecule has 0 fully saturated rings. The summed E-state index contributed by atoms with van der Waals surface area (Å²) in [7, 11) is 0. The summed E-state index contributed by atoms with van der Waals surface area (Å²) < 4.78 is 0. The quantitative estimate of drug-likeness (QED) is 0.343. The Bertz CT molecular complexity index is 354. The van der Waals surface area contributed by atoms with E-state index in [-0.39, 0.29) is 6.42 Å². The molecule has 4 nitrogen and oxygen atoms in total. The Labute approximate surface area is 148 Å². The van der Waals surface area contributed by atoms with Crippen LogP contribution in [0.2, 0.25) is 0 Å². The van der Waals surface area contributed by atoms with Crippen LogP contribution < -0.4 is 0 Å². The minimum atomic E-state index is -0.802. The maximum Gasteiger partial charge on any atom is 0.309 e. The molecule has 0 amide bonds.